The molecule has 3 aromatic heterocycles. The zero-order valence-corrected chi connectivity index (χ0v) is 12.3. The second kappa shape index (κ2) is 5.22. The zero-order chi connectivity index (χ0) is 13.2. The van der Waals surface area contributed by atoms with Gasteiger partial charge >= 0.3 is 0 Å². The fraction of sp³-hybridized carbons (Fsp3) is 0.0769. The second-order valence-electron chi connectivity index (χ2n) is 4.00. The standard InChI is InChI=1S/C13H10BrN3OS/c14-10-4-5-12-15-11(8-16(12)7-10)9-19-13-3-1-2-6-17(13)18/h1-8H,9H2. The van der Waals surface area contributed by atoms with Crippen molar-refractivity contribution in [2.45, 2.75) is 10.8 Å². The van der Waals surface area contributed by atoms with Crippen LogP contribution in [-0.4, -0.2) is 9.38 Å². The molecule has 0 saturated heterocycles. The number of imidazole rings is 1. The molecule has 3 aromatic rings. The van der Waals surface area contributed by atoms with Crippen molar-refractivity contribution in [3.05, 3.63) is 64.3 Å². The monoisotopic (exact) mass is 335 g/mol. The minimum Gasteiger partial charge on any atom is -0.618 e. The Balaban J connectivity index is 1.80. The molecule has 4 nitrogen and oxygen atoms in total. The third-order valence-electron chi connectivity index (χ3n) is 2.62. The highest BCUT2D eigenvalue weighted by Crippen LogP contribution is 2.20. The van der Waals surface area contributed by atoms with Crippen LogP contribution >= 0.6 is 27.7 Å². The first-order valence-electron chi connectivity index (χ1n) is 5.66. The molecule has 0 aromatic carbocycles. The summed E-state index contributed by atoms with van der Waals surface area (Å²) in [6.07, 6.45) is 5.45. The van der Waals surface area contributed by atoms with Gasteiger partial charge in [0.15, 0.2) is 6.20 Å². The lowest BCUT2D eigenvalue weighted by atomic mass is 10.5. The number of rotatable bonds is 3. The molecule has 96 valence electrons. The maximum absolute atomic E-state index is 11.5. The Morgan fingerprint density at radius 1 is 1.26 bits per heavy atom. The van der Waals surface area contributed by atoms with Gasteiger partial charge in [0.25, 0.3) is 5.03 Å². The maximum atomic E-state index is 11.5. The number of thioether (sulfide) groups is 1. The van der Waals surface area contributed by atoms with E-state index in [0.29, 0.717) is 10.8 Å². The number of hydrogen-bond donors (Lipinski definition) is 0. The fourth-order valence-corrected chi connectivity index (χ4v) is 2.91. The molecule has 0 saturated carbocycles. The highest BCUT2D eigenvalue weighted by Gasteiger charge is 2.07. The Bertz CT molecular complexity index is 729. The molecule has 0 fully saturated rings. The highest BCUT2D eigenvalue weighted by molar-refractivity contribution is 9.10. The Kier molecular flexibility index (Phi) is 3.44. The number of hydrogen-bond acceptors (Lipinski definition) is 3. The van der Waals surface area contributed by atoms with Crippen LogP contribution in [0, 0.1) is 5.21 Å². The minimum atomic E-state index is 0.672. The number of nitrogens with zero attached hydrogens (tertiary/aromatic N) is 3. The number of pyridine rings is 2. The van der Waals surface area contributed by atoms with E-state index in [1.54, 1.807) is 6.07 Å². The van der Waals surface area contributed by atoms with E-state index in [0.717, 1.165) is 20.5 Å². The van der Waals surface area contributed by atoms with Gasteiger partial charge in [-0.05, 0) is 45.9 Å². The maximum Gasteiger partial charge on any atom is 0.251 e. The molecule has 0 aliphatic rings. The van der Waals surface area contributed by atoms with Gasteiger partial charge in [0, 0.05) is 34.8 Å². The molecule has 19 heavy (non-hydrogen) atoms. The summed E-state index contributed by atoms with van der Waals surface area (Å²) in [4.78, 5) is 4.51. The van der Waals surface area contributed by atoms with Gasteiger partial charge in [-0.25, -0.2) is 4.98 Å². The molecule has 0 atom stereocenters. The van der Waals surface area contributed by atoms with E-state index in [1.165, 1.54) is 18.0 Å². The summed E-state index contributed by atoms with van der Waals surface area (Å²) in [5, 5.41) is 12.2. The largest absolute Gasteiger partial charge is 0.618 e. The van der Waals surface area contributed by atoms with Crippen molar-refractivity contribution in [3.63, 3.8) is 0 Å². The van der Waals surface area contributed by atoms with Crippen molar-refractivity contribution in [1.82, 2.24) is 9.38 Å². The average Bonchev–Trinajstić information content (AvgIpc) is 2.79. The second-order valence-corrected chi connectivity index (χ2v) is 5.91. The predicted molar refractivity (Wildman–Crippen MR) is 77.9 cm³/mol. The van der Waals surface area contributed by atoms with Crippen LogP contribution in [0.15, 0.2) is 58.4 Å². The van der Waals surface area contributed by atoms with Gasteiger partial charge in [-0.3, -0.25) is 0 Å². The van der Waals surface area contributed by atoms with Crippen molar-refractivity contribution in [2.24, 2.45) is 0 Å². The van der Waals surface area contributed by atoms with Crippen LogP contribution in [0.3, 0.4) is 0 Å². The molecule has 0 bridgehead atoms. The van der Waals surface area contributed by atoms with E-state index in [1.807, 2.05) is 41.1 Å². The third kappa shape index (κ3) is 2.74. The Hall–Kier alpha value is -1.53. The highest BCUT2D eigenvalue weighted by atomic mass is 79.9. The van der Waals surface area contributed by atoms with Gasteiger partial charge in [-0.15, -0.1) is 0 Å². The molecule has 0 aliphatic heterocycles. The van der Waals surface area contributed by atoms with Crippen LogP contribution in [-0.2, 0) is 5.75 Å². The van der Waals surface area contributed by atoms with Gasteiger partial charge in [0.1, 0.15) is 5.65 Å². The molecule has 0 unspecified atom stereocenters. The van der Waals surface area contributed by atoms with Crippen LogP contribution in [0.2, 0.25) is 0 Å². The number of aromatic nitrogens is 3. The molecule has 0 aliphatic carbocycles. The summed E-state index contributed by atoms with van der Waals surface area (Å²) < 4.78 is 3.85. The zero-order valence-electron chi connectivity index (χ0n) is 9.86. The van der Waals surface area contributed by atoms with Gasteiger partial charge in [0.2, 0.25) is 0 Å². The average molecular weight is 336 g/mol. The van der Waals surface area contributed by atoms with E-state index in [9.17, 15) is 5.21 Å². The summed E-state index contributed by atoms with van der Waals surface area (Å²) in [5.74, 6) is 0.672. The first-order chi connectivity index (χ1) is 9.22. The first-order valence-corrected chi connectivity index (χ1v) is 7.44. The van der Waals surface area contributed by atoms with E-state index < -0.39 is 0 Å². The summed E-state index contributed by atoms with van der Waals surface area (Å²) in [5.41, 5.74) is 1.86. The molecular formula is C13H10BrN3OS. The fourth-order valence-electron chi connectivity index (χ4n) is 1.76. The molecule has 0 radical (unpaired) electrons. The van der Waals surface area contributed by atoms with Crippen LogP contribution in [0.25, 0.3) is 5.65 Å². The van der Waals surface area contributed by atoms with Gasteiger partial charge in [0.05, 0.1) is 5.69 Å². The lowest BCUT2D eigenvalue weighted by Crippen LogP contribution is -2.27. The Labute approximate surface area is 122 Å². The smallest absolute Gasteiger partial charge is 0.251 e. The molecule has 0 amide bonds. The molecular weight excluding hydrogens is 326 g/mol. The van der Waals surface area contributed by atoms with E-state index in [2.05, 4.69) is 20.9 Å². The normalized spacial score (nSPS) is 11.0. The number of fused-ring (bicyclic) bond motifs is 1. The SMILES string of the molecule is [O-][n+]1ccccc1SCc1cn2cc(Br)ccc2n1. The van der Waals surface area contributed by atoms with Crippen molar-refractivity contribution in [2.75, 3.05) is 0 Å². The molecule has 0 spiro atoms. The van der Waals surface area contributed by atoms with Gasteiger partial charge in [-0.1, -0.05) is 0 Å². The number of halogens is 1. The van der Waals surface area contributed by atoms with Crippen LogP contribution in [0.1, 0.15) is 5.69 Å². The topological polar surface area (TPSA) is 44.2 Å². The molecule has 3 heterocycles. The molecule has 6 heteroatoms. The Morgan fingerprint density at radius 3 is 3.00 bits per heavy atom. The van der Waals surface area contributed by atoms with Crippen molar-refractivity contribution in [3.8, 4) is 0 Å². The van der Waals surface area contributed by atoms with Crippen LogP contribution in [0.4, 0.5) is 0 Å². The van der Waals surface area contributed by atoms with Crippen molar-refractivity contribution >= 4 is 33.3 Å². The van der Waals surface area contributed by atoms with E-state index in [-0.39, 0.29) is 0 Å². The van der Waals surface area contributed by atoms with E-state index >= 15 is 0 Å². The predicted octanol–water partition coefficient (Wildman–Crippen LogP) is 3.02. The minimum absolute atomic E-state index is 0.672. The van der Waals surface area contributed by atoms with Crippen molar-refractivity contribution in [1.29, 1.82) is 0 Å². The summed E-state index contributed by atoms with van der Waals surface area (Å²) >= 11 is 4.91. The summed E-state index contributed by atoms with van der Waals surface area (Å²) in [6.45, 7) is 0. The van der Waals surface area contributed by atoms with Gasteiger partial charge in [-0.2, -0.15) is 4.73 Å². The van der Waals surface area contributed by atoms with Crippen molar-refractivity contribution < 1.29 is 4.73 Å². The van der Waals surface area contributed by atoms with Crippen LogP contribution < -0.4 is 4.73 Å². The Morgan fingerprint density at radius 2 is 2.16 bits per heavy atom. The summed E-state index contributed by atoms with van der Waals surface area (Å²) in [7, 11) is 0. The lowest BCUT2D eigenvalue weighted by molar-refractivity contribution is -0.645. The van der Waals surface area contributed by atoms with Gasteiger partial charge < -0.3 is 9.61 Å². The molecule has 0 N–H and O–H groups in total. The lowest BCUT2D eigenvalue weighted by Gasteiger charge is -2.01. The van der Waals surface area contributed by atoms with E-state index in [4.69, 9.17) is 0 Å². The quantitative estimate of drug-likeness (QED) is 0.420. The third-order valence-corrected chi connectivity index (χ3v) is 4.14. The first kappa shape index (κ1) is 12.5. The van der Waals surface area contributed by atoms with Crippen LogP contribution in [0.5, 0.6) is 0 Å². The molecule has 3 rings (SSSR count). The summed E-state index contributed by atoms with van der Waals surface area (Å²) in [6, 6.07) is 9.30.